The van der Waals surface area contributed by atoms with Crippen molar-refractivity contribution in [3.05, 3.63) is 58.1 Å². The van der Waals surface area contributed by atoms with Gasteiger partial charge in [0, 0.05) is 51.4 Å². The van der Waals surface area contributed by atoms with Crippen LogP contribution in [-0.4, -0.2) is 80.3 Å². The first kappa shape index (κ1) is 28.0. The molecule has 10 heteroatoms. The molecule has 8 nitrogen and oxygen atoms in total. The molecule has 0 aromatic heterocycles. The number of nitrogens with one attached hydrogen (secondary N) is 1. The zero-order valence-corrected chi connectivity index (χ0v) is 24.1. The molecule has 0 unspecified atom stereocenters. The van der Waals surface area contributed by atoms with Crippen molar-refractivity contribution in [2.45, 2.75) is 43.7 Å². The van der Waals surface area contributed by atoms with Crippen LogP contribution in [0.2, 0.25) is 10.0 Å². The Hall–Kier alpha value is -2.52. The van der Waals surface area contributed by atoms with E-state index in [-0.39, 0.29) is 11.8 Å². The molecule has 2 aromatic carbocycles. The summed E-state index contributed by atoms with van der Waals surface area (Å²) in [5.74, 6) is 0.956. The first-order valence-corrected chi connectivity index (χ1v) is 14.3. The summed E-state index contributed by atoms with van der Waals surface area (Å²) >= 11 is 12.6. The Bertz CT molecular complexity index is 1210. The molecule has 2 aromatic rings. The SMILES string of the molecule is COc1cccc(N2CNC(=O)C23CCN(CCOC2(c4ccc(Cl)c(Cl)c4)CCN(C(C)=O)CC2)CC3)c1. The van der Waals surface area contributed by atoms with Gasteiger partial charge in [-0.15, -0.1) is 0 Å². The van der Waals surface area contributed by atoms with E-state index in [0.29, 0.717) is 49.3 Å². The van der Waals surface area contributed by atoms with E-state index in [2.05, 4.69) is 15.1 Å². The molecule has 3 saturated heterocycles. The summed E-state index contributed by atoms with van der Waals surface area (Å²) in [6.07, 6.45) is 2.87. The van der Waals surface area contributed by atoms with Crippen LogP contribution in [0.25, 0.3) is 0 Å². The Balaban J connectivity index is 1.23. The largest absolute Gasteiger partial charge is 0.497 e. The predicted molar refractivity (Wildman–Crippen MR) is 152 cm³/mol. The molecule has 3 fully saturated rings. The van der Waals surface area contributed by atoms with E-state index in [1.807, 2.05) is 47.4 Å². The zero-order chi connectivity index (χ0) is 27.6. The Morgan fingerprint density at radius 3 is 2.41 bits per heavy atom. The highest BCUT2D eigenvalue weighted by Crippen LogP contribution is 2.40. The lowest BCUT2D eigenvalue weighted by Gasteiger charge is -2.44. The van der Waals surface area contributed by atoms with Crippen molar-refractivity contribution in [3.63, 3.8) is 0 Å². The summed E-state index contributed by atoms with van der Waals surface area (Å²) in [5, 5.41) is 4.08. The second kappa shape index (κ2) is 11.5. The molecule has 210 valence electrons. The van der Waals surface area contributed by atoms with Crippen LogP contribution < -0.4 is 15.0 Å². The van der Waals surface area contributed by atoms with Gasteiger partial charge in [0.1, 0.15) is 11.3 Å². The standard InChI is InChI=1S/C29H36Cl2N4O4/c1-21(36)34-14-10-29(11-15-34,22-6-7-25(30)26(31)18-22)39-17-16-33-12-8-28(9-13-33)27(37)32-20-35(28)23-4-3-5-24(19-23)38-2/h3-7,18-19H,8-17,20H2,1-2H3,(H,32,37). The van der Waals surface area contributed by atoms with Crippen molar-refractivity contribution in [1.29, 1.82) is 0 Å². The molecule has 2 amide bonds. The average Bonchev–Trinajstić information content (AvgIpc) is 3.26. The second-order valence-corrected chi connectivity index (χ2v) is 11.5. The van der Waals surface area contributed by atoms with Crippen molar-refractivity contribution < 1.29 is 19.1 Å². The Morgan fingerprint density at radius 1 is 1.00 bits per heavy atom. The van der Waals surface area contributed by atoms with Crippen LogP contribution in [0.3, 0.4) is 0 Å². The van der Waals surface area contributed by atoms with Crippen LogP contribution in [0, 0.1) is 0 Å². The highest BCUT2D eigenvalue weighted by Gasteiger charge is 2.50. The Kier molecular flexibility index (Phi) is 8.29. The van der Waals surface area contributed by atoms with E-state index in [1.54, 1.807) is 14.0 Å². The number of halogens is 2. The quantitative estimate of drug-likeness (QED) is 0.532. The third-order valence-corrected chi connectivity index (χ3v) is 9.37. The summed E-state index contributed by atoms with van der Waals surface area (Å²) < 4.78 is 12.1. The second-order valence-electron chi connectivity index (χ2n) is 10.6. The number of nitrogens with zero attached hydrogens (tertiary/aromatic N) is 3. The minimum atomic E-state index is -0.551. The van der Waals surface area contributed by atoms with E-state index in [0.717, 1.165) is 49.5 Å². The molecule has 1 N–H and O–H groups in total. The highest BCUT2D eigenvalue weighted by molar-refractivity contribution is 6.42. The molecule has 0 bridgehead atoms. The normalized spacial score (nSPS) is 20.8. The number of methoxy groups -OCH3 is 1. The number of amides is 2. The lowest BCUT2D eigenvalue weighted by molar-refractivity contribution is -0.137. The molecular weight excluding hydrogens is 539 g/mol. The molecule has 3 aliphatic heterocycles. The van der Waals surface area contributed by atoms with E-state index < -0.39 is 11.1 Å². The molecule has 5 rings (SSSR count). The first-order chi connectivity index (χ1) is 18.8. The van der Waals surface area contributed by atoms with Gasteiger partial charge in [-0.1, -0.05) is 35.3 Å². The molecule has 0 radical (unpaired) electrons. The van der Waals surface area contributed by atoms with Gasteiger partial charge in [0.25, 0.3) is 0 Å². The van der Waals surface area contributed by atoms with Crippen molar-refractivity contribution in [2.24, 2.45) is 0 Å². The summed E-state index contributed by atoms with van der Waals surface area (Å²) in [6.45, 7) is 6.28. The molecular formula is C29H36Cl2N4O4. The molecule has 0 aliphatic carbocycles. The van der Waals surface area contributed by atoms with Crippen LogP contribution in [0.5, 0.6) is 5.75 Å². The number of rotatable bonds is 7. The van der Waals surface area contributed by atoms with E-state index in [1.165, 1.54) is 0 Å². The van der Waals surface area contributed by atoms with E-state index in [4.69, 9.17) is 32.7 Å². The van der Waals surface area contributed by atoms with Crippen LogP contribution in [0.15, 0.2) is 42.5 Å². The molecule has 0 saturated carbocycles. The maximum Gasteiger partial charge on any atom is 0.247 e. The van der Waals surface area contributed by atoms with Crippen LogP contribution >= 0.6 is 23.2 Å². The number of hydrogen-bond donors (Lipinski definition) is 1. The van der Waals surface area contributed by atoms with Gasteiger partial charge in [-0.05, 0) is 55.5 Å². The smallest absolute Gasteiger partial charge is 0.247 e. The number of benzene rings is 2. The van der Waals surface area contributed by atoms with E-state index >= 15 is 0 Å². The fourth-order valence-electron chi connectivity index (χ4n) is 6.20. The Morgan fingerprint density at radius 2 is 1.74 bits per heavy atom. The number of carbonyl (C=O) groups excluding carboxylic acids is 2. The van der Waals surface area contributed by atoms with Crippen molar-refractivity contribution in [2.75, 3.05) is 58.0 Å². The van der Waals surface area contributed by atoms with Crippen LogP contribution in [-0.2, 0) is 19.9 Å². The number of likely N-dealkylation sites (tertiary alicyclic amines) is 2. The summed E-state index contributed by atoms with van der Waals surface area (Å²) in [4.78, 5) is 31.4. The summed E-state index contributed by atoms with van der Waals surface area (Å²) in [7, 11) is 1.65. The number of piperidine rings is 2. The Labute approximate surface area is 240 Å². The fourth-order valence-corrected chi connectivity index (χ4v) is 6.50. The molecule has 39 heavy (non-hydrogen) atoms. The summed E-state index contributed by atoms with van der Waals surface area (Å²) in [6, 6.07) is 13.6. The third-order valence-electron chi connectivity index (χ3n) is 8.63. The number of anilines is 1. The molecule has 1 spiro atoms. The number of carbonyl (C=O) groups is 2. The van der Waals surface area contributed by atoms with Gasteiger partial charge < -0.3 is 29.5 Å². The number of ether oxygens (including phenoxy) is 2. The minimum Gasteiger partial charge on any atom is -0.497 e. The van der Waals surface area contributed by atoms with Crippen molar-refractivity contribution in [1.82, 2.24) is 15.1 Å². The van der Waals surface area contributed by atoms with Gasteiger partial charge >= 0.3 is 0 Å². The molecule has 0 atom stereocenters. The van der Waals surface area contributed by atoms with Gasteiger partial charge in [0.2, 0.25) is 11.8 Å². The lowest BCUT2D eigenvalue weighted by atomic mass is 9.84. The first-order valence-electron chi connectivity index (χ1n) is 13.5. The van der Waals surface area contributed by atoms with Gasteiger partial charge in [-0.25, -0.2) is 0 Å². The van der Waals surface area contributed by atoms with Crippen molar-refractivity contribution in [3.8, 4) is 5.75 Å². The van der Waals surface area contributed by atoms with Gasteiger partial charge in [-0.2, -0.15) is 0 Å². The van der Waals surface area contributed by atoms with Gasteiger partial charge in [-0.3, -0.25) is 9.59 Å². The van der Waals surface area contributed by atoms with E-state index in [9.17, 15) is 9.59 Å². The van der Waals surface area contributed by atoms with Crippen LogP contribution in [0.1, 0.15) is 38.2 Å². The van der Waals surface area contributed by atoms with Crippen LogP contribution in [0.4, 0.5) is 5.69 Å². The lowest BCUT2D eigenvalue weighted by Crippen LogP contribution is -2.56. The molecule has 3 heterocycles. The van der Waals surface area contributed by atoms with Gasteiger partial charge in [0.15, 0.2) is 0 Å². The van der Waals surface area contributed by atoms with Gasteiger partial charge in [0.05, 0.1) is 36.0 Å². The predicted octanol–water partition coefficient (Wildman–Crippen LogP) is 4.28. The maximum absolute atomic E-state index is 13.1. The number of hydrogen-bond acceptors (Lipinski definition) is 6. The zero-order valence-electron chi connectivity index (χ0n) is 22.6. The maximum atomic E-state index is 13.1. The summed E-state index contributed by atoms with van der Waals surface area (Å²) in [5.41, 5.74) is 0.912. The van der Waals surface area contributed by atoms with Crippen molar-refractivity contribution >= 4 is 40.7 Å². The third kappa shape index (κ3) is 5.57. The molecule has 3 aliphatic rings. The monoisotopic (exact) mass is 574 g/mol. The average molecular weight is 576 g/mol. The highest BCUT2D eigenvalue weighted by atomic mass is 35.5. The fraction of sp³-hybridized carbons (Fsp3) is 0.517. The topological polar surface area (TPSA) is 74.4 Å². The minimum absolute atomic E-state index is 0.0823.